The number of aliphatic imine (C=N–C) groups is 1. The van der Waals surface area contributed by atoms with Crippen LogP contribution in [0.5, 0.6) is 0 Å². The third-order valence-electron chi connectivity index (χ3n) is 5.38. The fourth-order valence-electron chi connectivity index (χ4n) is 3.30. The van der Waals surface area contributed by atoms with Crippen LogP contribution in [-0.2, 0) is 9.53 Å². The molecule has 12 heteroatoms. The van der Waals surface area contributed by atoms with Gasteiger partial charge in [0.05, 0.1) is 23.5 Å². The van der Waals surface area contributed by atoms with Crippen LogP contribution in [0.25, 0.3) is 0 Å². The number of hydrogen-bond donors (Lipinski definition) is 4. The van der Waals surface area contributed by atoms with Crippen molar-refractivity contribution in [2.24, 2.45) is 10.7 Å². The molecule has 1 atom stereocenters. The summed E-state index contributed by atoms with van der Waals surface area (Å²) in [6.45, 7) is 14.0. The molecule has 0 bridgehead atoms. The Bertz CT molecular complexity index is 1090. The summed E-state index contributed by atoms with van der Waals surface area (Å²) in [6.07, 6.45) is 3.31. The molecule has 0 radical (unpaired) electrons. The number of ether oxygens (including phenoxy) is 1. The minimum Gasteiger partial charge on any atom is -0.444 e. The molecular weight excluding hydrogens is 549 g/mol. The monoisotopic (exact) mass is 598 g/mol. The normalized spacial score (nSPS) is 15.0. The Morgan fingerprint density at radius 2 is 1.69 bits per heavy atom. The lowest BCUT2D eigenvalue weighted by atomic mass is 10.00. The highest BCUT2D eigenvalue weighted by Gasteiger charge is 2.32. The van der Waals surface area contributed by atoms with Gasteiger partial charge in [-0.3, -0.25) is 15.2 Å². The Morgan fingerprint density at radius 3 is 2.17 bits per heavy atom. The zero-order valence-electron chi connectivity index (χ0n) is 26.6. The van der Waals surface area contributed by atoms with Gasteiger partial charge in [-0.05, 0) is 72.1 Å². The summed E-state index contributed by atoms with van der Waals surface area (Å²) in [5.41, 5.74) is 3.26. The largest absolute Gasteiger partial charge is 0.444 e. The molecule has 238 valence electrons. The van der Waals surface area contributed by atoms with E-state index in [2.05, 4.69) is 15.6 Å². The van der Waals surface area contributed by atoms with E-state index in [1.54, 1.807) is 40.7 Å². The van der Waals surface area contributed by atoms with Gasteiger partial charge in [0, 0.05) is 26.7 Å². The smallest absolute Gasteiger partial charge is 0.430 e. The highest BCUT2D eigenvalue weighted by atomic mass is 19.4. The zero-order valence-corrected chi connectivity index (χ0v) is 26.6. The third-order valence-corrected chi connectivity index (χ3v) is 5.38. The number of carbonyl (C=O) groups is 2. The summed E-state index contributed by atoms with van der Waals surface area (Å²) in [7, 11) is 3.69. The van der Waals surface area contributed by atoms with Gasteiger partial charge in [0.2, 0.25) is 5.91 Å². The van der Waals surface area contributed by atoms with Crippen molar-refractivity contribution in [3.05, 3.63) is 47.3 Å². The molecule has 9 nitrogen and oxygen atoms in total. The van der Waals surface area contributed by atoms with Crippen LogP contribution in [0.15, 0.2) is 52.3 Å². The minimum atomic E-state index is -4.79. The zero-order chi connectivity index (χ0) is 32.9. The summed E-state index contributed by atoms with van der Waals surface area (Å²) in [5, 5.41) is 13.6. The standard InChI is InChI=1S/C30H49F3N6O3/c1-11-13-14-22(34)23(17-25(35)30(31,32)33)36-19-29(7,8)38-26(40)24(37-27(41)42-28(4,5)6)16-21(18-39(9)10)15-20(3)12-2/h13-15,17-18,24,34H,11-12,16,19,35H2,1-10H3,(H,37,41)(H,38,40)/b14-13-,20-15?,21-18+,25-17-,34-22?,36-23?. The third kappa shape index (κ3) is 16.6. The molecular formula is C30H49F3N6O3. The first-order chi connectivity index (χ1) is 19.1. The number of hydrogen-bond acceptors (Lipinski definition) is 7. The Kier molecular flexibility index (Phi) is 15.3. The molecule has 0 aliphatic carbocycles. The summed E-state index contributed by atoms with van der Waals surface area (Å²) < 4.78 is 44.7. The maximum atomic E-state index is 13.5. The van der Waals surface area contributed by atoms with Crippen molar-refractivity contribution in [2.45, 2.75) is 98.0 Å². The number of rotatable bonds is 14. The van der Waals surface area contributed by atoms with Crippen molar-refractivity contribution < 1.29 is 27.5 Å². The van der Waals surface area contributed by atoms with Crippen molar-refractivity contribution >= 4 is 23.4 Å². The lowest BCUT2D eigenvalue weighted by molar-refractivity contribution is -0.124. The molecule has 0 aromatic rings. The number of nitrogens with two attached hydrogens (primary N) is 1. The van der Waals surface area contributed by atoms with Crippen molar-refractivity contribution in [2.75, 3.05) is 20.6 Å². The van der Waals surface area contributed by atoms with Gasteiger partial charge in [-0.25, -0.2) is 4.79 Å². The lowest BCUT2D eigenvalue weighted by Crippen LogP contribution is -2.55. The van der Waals surface area contributed by atoms with Gasteiger partial charge in [-0.15, -0.1) is 0 Å². The van der Waals surface area contributed by atoms with Crippen LogP contribution in [-0.4, -0.2) is 72.3 Å². The number of alkyl carbamates (subject to hydrolysis) is 1. The Hall–Kier alpha value is -3.57. The van der Waals surface area contributed by atoms with Gasteiger partial charge in [0.15, 0.2) is 0 Å². The van der Waals surface area contributed by atoms with Crippen LogP contribution >= 0.6 is 0 Å². The number of alkyl halides is 3. The second kappa shape index (κ2) is 16.8. The van der Waals surface area contributed by atoms with E-state index in [0.29, 0.717) is 12.5 Å². The van der Waals surface area contributed by atoms with Crippen molar-refractivity contribution in [1.29, 1.82) is 5.41 Å². The van der Waals surface area contributed by atoms with Gasteiger partial charge < -0.3 is 26.0 Å². The van der Waals surface area contributed by atoms with E-state index >= 15 is 0 Å². The van der Waals surface area contributed by atoms with Crippen LogP contribution in [0.3, 0.4) is 0 Å². The van der Waals surface area contributed by atoms with Gasteiger partial charge in [0.1, 0.15) is 17.3 Å². The molecule has 0 heterocycles. The van der Waals surface area contributed by atoms with E-state index in [0.717, 1.165) is 17.6 Å². The van der Waals surface area contributed by atoms with Crippen LogP contribution in [0.1, 0.15) is 74.7 Å². The van der Waals surface area contributed by atoms with Gasteiger partial charge >= 0.3 is 12.3 Å². The molecule has 0 aliphatic rings. The van der Waals surface area contributed by atoms with Crippen LogP contribution < -0.4 is 16.4 Å². The molecule has 0 spiro atoms. The Morgan fingerprint density at radius 1 is 1.10 bits per heavy atom. The van der Waals surface area contributed by atoms with Crippen molar-refractivity contribution in [3.63, 3.8) is 0 Å². The molecule has 2 amide bonds. The minimum absolute atomic E-state index is 0.141. The highest BCUT2D eigenvalue weighted by Crippen LogP contribution is 2.21. The first-order valence-corrected chi connectivity index (χ1v) is 13.8. The van der Waals surface area contributed by atoms with Crippen LogP contribution in [0, 0.1) is 5.41 Å². The fourth-order valence-corrected chi connectivity index (χ4v) is 3.30. The molecule has 42 heavy (non-hydrogen) atoms. The average molecular weight is 599 g/mol. The number of amides is 2. The molecule has 0 saturated heterocycles. The van der Waals surface area contributed by atoms with Crippen molar-refractivity contribution in [1.82, 2.24) is 15.5 Å². The van der Waals surface area contributed by atoms with E-state index in [9.17, 15) is 22.8 Å². The molecule has 0 rings (SSSR count). The fraction of sp³-hybridized carbons (Fsp3) is 0.600. The first kappa shape index (κ1) is 38.4. The second-order valence-electron chi connectivity index (χ2n) is 11.8. The predicted octanol–water partition coefficient (Wildman–Crippen LogP) is 5.80. The maximum Gasteiger partial charge on any atom is 0.430 e. The molecule has 0 aliphatic heterocycles. The quantitative estimate of drug-likeness (QED) is 0.148. The Labute approximate surface area is 248 Å². The number of carbonyl (C=O) groups excluding carboxylic acids is 2. The van der Waals surface area contributed by atoms with E-state index in [4.69, 9.17) is 15.9 Å². The van der Waals surface area contributed by atoms with Crippen LogP contribution in [0.2, 0.25) is 0 Å². The molecule has 0 aromatic carbocycles. The second-order valence-corrected chi connectivity index (χ2v) is 11.8. The average Bonchev–Trinajstić information content (AvgIpc) is 2.81. The first-order valence-electron chi connectivity index (χ1n) is 13.8. The number of allylic oxidation sites excluding steroid dienone is 6. The van der Waals surface area contributed by atoms with E-state index in [-0.39, 0.29) is 24.4 Å². The summed E-state index contributed by atoms with van der Waals surface area (Å²) in [6, 6.07) is -1.04. The van der Waals surface area contributed by atoms with Crippen LogP contribution in [0.4, 0.5) is 18.0 Å². The molecule has 0 fully saturated rings. The lowest BCUT2D eigenvalue weighted by Gasteiger charge is -2.29. The van der Waals surface area contributed by atoms with E-state index in [1.165, 1.54) is 6.08 Å². The summed E-state index contributed by atoms with van der Waals surface area (Å²) >= 11 is 0. The van der Waals surface area contributed by atoms with Gasteiger partial charge in [0.25, 0.3) is 0 Å². The van der Waals surface area contributed by atoms with Crippen molar-refractivity contribution in [3.8, 4) is 0 Å². The summed E-state index contributed by atoms with van der Waals surface area (Å²) in [5.74, 6) is -0.541. The Balaban J connectivity index is 6.32. The summed E-state index contributed by atoms with van der Waals surface area (Å²) in [4.78, 5) is 32.2. The molecule has 0 saturated carbocycles. The number of nitrogens with zero attached hydrogens (tertiary/aromatic N) is 2. The van der Waals surface area contributed by atoms with Gasteiger partial charge in [-0.2, -0.15) is 13.2 Å². The maximum absolute atomic E-state index is 13.5. The number of nitrogens with one attached hydrogen (secondary N) is 3. The predicted molar refractivity (Wildman–Crippen MR) is 164 cm³/mol. The highest BCUT2D eigenvalue weighted by molar-refractivity contribution is 6.49. The topological polar surface area (TPSA) is 133 Å². The molecule has 5 N–H and O–H groups in total. The molecule has 0 aromatic heterocycles. The molecule has 1 unspecified atom stereocenters. The SMILES string of the molecule is CC/C=C\C(=N)C(/C=C(\N)C(F)(F)F)=NCC(C)(C)NC(=O)C(C/C(C=C(C)CC)=C/N(C)C)NC(=O)OC(C)(C)C. The van der Waals surface area contributed by atoms with Gasteiger partial charge in [-0.1, -0.05) is 31.6 Å². The number of halogens is 3. The van der Waals surface area contributed by atoms with E-state index in [1.807, 2.05) is 52.0 Å². The van der Waals surface area contributed by atoms with E-state index < -0.39 is 41.1 Å².